The van der Waals surface area contributed by atoms with Gasteiger partial charge in [0.05, 0.1) is 16.6 Å². The van der Waals surface area contributed by atoms with Gasteiger partial charge in [0.15, 0.2) is 0 Å². The predicted molar refractivity (Wildman–Crippen MR) is 170 cm³/mol. The van der Waals surface area contributed by atoms with Crippen LogP contribution in [0.3, 0.4) is 0 Å². The third-order valence-electron chi connectivity index (χ3n) is 8.02. The van der Waals surface area contributed by atoms with Crippen molar-refractivity contribution < 1.29 is 0 Å². The fraction of sp³-hybridized carbons (Fsp3) is 0. The predicted octanol–water partition coefficient (Wildman–Crippen LogP) is 9.91. The molecule has 0 atom stereocenters. The summed E-state index contributed by atoms with van der Waals surface area (Å²) >= 11 is 1.85. The lowest BCUT2D eigenvalue weighted by molar-refractivity contribution is 1.01. The van der Waals surface area contributed by atoms with Crippen molar-refractivity contribution in [1.29, 1.82) is 0 Å². The van der Waals surface area contributed by atoms with E-state index in [4.69, 9.17) is 9.97 Å². The molecule has 40 heavy (non-hydrogen) atoms. The Morgan fingerprint density at radius 3 is 2.25 bits per heavy atom. The highest BCUT2D eigenvalue weighted by Crippen LogP contribution is 2.44. The Morgan fingerprint density at radius 2 is 1.35 bits per heavy atom. The number of aromatic nitrogens is 3. The Bertz CT molecular complexity index is 2430. The van der Waals surface area contributed by atoms with Gasteiger partial charge in [-0.2, -0.15) is 0 Å². The van der Waals surface area contributed by atoms with Crippen molar-refractivity contribution in [3.05, 3.63) is 128 Å². The molecule has 0 amide bonds. The average molecular weight is 528 g/mol. The third-order valence-corrected chi connectivity index (χ3v) is 9.14. The van der Waals surface area contributed by atoms with Gasteiger partial charge in [-0.25, -0.2) is 9.97 Å². The topological polar surface area (TPSA) is 30.7 Å². The van der Waals surface area contributed by atoms with E-state index in [9.17, 15) is 0 Å². The minimum absolute atomic E-state index is 0.690. The van der Waals surface area contributed by atoms with Gasteiger partial charge in [0, 0.05) is 48.1 Å². The number of nitrogens with zero attached hydrogens (tertiary/aromatic N) is 3. The first-order valence-electron chi connectivity index (χ1n) is 13.4. The summed E-state index contributed by atoms with van der Waals surface area (Å²) < 4.78 is 4.84. The fourth-order valence-electron chi connectivity index (χ4n) is 6.21. The molecule has 6 aromatic carbocycles. The molecule has 9 aromatic rings. The molecule has 0 fully saturated rings. The summed E-state index contributed by atoms with van der Waals surface area (Å²) in [5.74, 6) is 0.690. The monoisotopic (exact) mass is 527 g/mol. The molecule has 0 radical (unpaired) electrons. The molecule has 4 heteroatoms. The number of para-hydroxylation sites is 2. The maximum atomic E-state index is 5.27. The Balaban J connectivity index is 1.44. The maximum absolute atomic E-state index is 5.27. The molecule has 3 heterocycles. The van der Waals surface area contributed by atoms with Gasteiger partial charge in [-0.3, -0.25) is 4.57 Å². The zero-order valence-electron chi connectivity index (χ0n) is 21.4. The van der Waals surface area contributed by atoms with Crippen LogP contribution in [0.5, 0.6) is 0 Å². The lowest BCUT2D eigenvalue weighted by Gasteiger charge is -2.11. The Morgan fingerprint density at radius 1 is 0.575 bits per heavy atom. The average Bonchev–Trinajstić information content (AvgIpc) is 3.54. The SMILES string of the molecule is c1ccc(-c2cccc3cnc(-n4c5ccccc5c5ccc6sc7cc8ccccc8cc7c6c54)nc23)cc1. The molecule has 0 saturated heterocycles. The van der Waals surface area contributed by atoms with Gasteiger partial charge in [0.25, 0.3) is 0 Å². The van der Waals surface area contributed by atoms with Gasteiger partial charge < -0.3 is 0 Å². The summed E-state index contributed by atoms with van der Waals surface area (Å²) in [4.78, 5) is 10.2. The van der Waals surface area contributed by atoms with E-state index in [0.29, 0.717) is 5.95 Å². The van der Waals surface area contributed by atoms with Gasteiger partial charge in [-0.1, -0.05) is 97.1 Å². The van der Waals surface area contributed by atoms with Gasteiger partial charge in [0.1, 0.15) is 0 Å². The van der Waals surface area contributed by atoms with Crippen LogP contribution >= 0.6 is 11.3 Å². The highest BCUT2D eigenvalue weighted by atomic mass is 32.1. The second-order valence-corrected chi connectivity index (χ2v) is 11.3. The van der Waals surface area contributed by atoms with E-state index in [1.54, 1.807) is 0 Å². The third kappa shape index (κ3) is 3.05. The number of thiophene rings is 1. The van der Waals surface area contributed by atoms with Gasteiger partial charge in [-0.05, 0) is 40.6 Å². The standard InChI is InChI=1S/C36H21N3S/c1-2-9-22(10-3-1)26-15-8-13-25-21-37-36(38-34(25)26)39-30-16-7-6-14-27(30)28-17-18-31-33(35(28)39)29-19-23-11-4-5-12-24(23)20-32(29)40-31/h1-21H. The van der Waals surface area contributed by atoms with Crippen molar-refractivity contribution in [1.82, 2.24) is 14.5 Å². The van der Waals surface area contributed by atoms with Crippen molar-refractivity contribution in [2.24, 2.45) is 0 Å². The number of fused-ring (bicyclic) bond motifs is 9. The van der Waals surface area contributed by atoms with Crippen LogP contribution in [0.4, 0.5) is 0 Å². The lowest BCUT2D eigenvalue weighted by atomic mass is 10.0. The van der Waals surface area contributed by atoms with Crippen LogP contribution in [0.15, 0.2) is 128 Å². The van der Waals surface area contributed by atoms with Gasteiger partial charge in [-0.15, -0.1) is 11.3 Å². The summed E-state index contributed by atoms with van der Waals surface area (Å²) in [5.41, 5.74) is 5.50. The molecule has 186 valence electrons. The molecule has 0 aliphatic carbocycles. The van der Waals surface area contributed by atoms with Crippen molar-refractivity contribution in [2.75, 3.05) is 0 Å². The Hall–Kier alpha value is -5.06. The van der Waals surface area contributed by atoms with Crippen molar-refractivity contribution >= 4 is 75.0 Å². The summed E-state index contributed by atoms with van der Waals surface area (Å²) in [5, 5.41) is 8.52. The summed E-state index contributed by atoms with van der Waals surface area (Å²) in [6.45, 7) is 0. The number of hydrogen-bond acceptors (Lipinski definition) is 3. The van der Waals surface area contributed by atoms with Crippen molar-refractivity contribution in [3.8, 4) is 17.1 Å². The van der Waals surface area contributed by atoms with E-state index in [2.05, 4.69) is 120 Å². The summed E-state index contributed by atoms with van der Waals surface area (Å²) in [6.07, 6.45) is 1.96. The van der Waals surface area contributed by atoms with Crippen LogP contribution in [-0.2, 0) is 0 Å². The largest absolute Gasteiger partial charge is 0.277 e. The van der Waals surface area contributed by atoms with Crippen LogP contribution in [0.25, 0.3) is 80.7 Å². The molecule has 0 bridgehead atoms. The molecule has 0 aliphatic heterocycles. The molecule has 3 nitrogen and oxygen atoms in total. The number of benzene rings is 6. The zero-order valence-corrected chi connectivity index (χ0v) is 22.2. The highest BCUT2D eigenvalue weighted by Gasteiger charge is 2.20. The van der Waals surface area contributed by atoms with Crippen LogP contribution in [0.2, 0.25) is 0 Å². The first-order chi connectivity index (χ1) is 19.8. The fourth-order valence-corrected chi connectivity index (χ4v) is 7.35. The van der Waals surface area contributed by atoms with Crippen LogP contribution < -0.4 is 0 Å². The van der Waals surface area contributed by atoms with E-state index in [1.165, 1.54) is 41.7 Å². The molecule has 0 spiro atoms. The van der Waals surface area contributed by atoms with E-state index in [0.717, 1.165) is 33.1 Å². The molecule has 0 saturated carbocycles. The normalized spacial score (nSPS) is 12.0. The lowest BCUT2D eigenvalue weighted by Crippen LogP contribution is -2.02. The van der Waals surface area contributed by atoms with E-state index < -0.39 is 0 Å². The molecule has 0 unspecified atom stereocenters. The summed E-state index contributed by atoms with van der Waals surface area (Å²) in [7, 11) is 0. The first kappa shape index (κ1) is 21.8. The summed E-state index contributed by atoms with van der Waals surface area (Å²) in [6, 6.07) is 43.2. The number of rotatable bonds is 2. The van der Waals surface area contributed by atoms with Crippen molar-refractivity contribution in [3.63, 3.8) is 0 Å². The zero-order chi connectivity index (χ0) is 26.2. The second-order valence-electron chi connectivity index (χ2n) is 10.3. The smallest absolute Gasteiger partial charge is 0.235 e. The quantitative estimate of drug-likeness (QED) is 0.224. The van der Waals surface area contributed by atoms with E-state index >= 15 is 0 Å². The van der Waals surface area contributed by atoms with Crippen molar-refractivity contribution in [2.45, 2.75) is 0 Å². The molecule has 3 aromatic heterocycles. The Kier molecular flexibility index (Phi) is 4.48. The van der Waals surface area contributed by atoms with Gasteiger partial charge in [0.2, 0.25) is 5.95 Å². The molecule has 9 rings (SSSR count). The molecule has 0 aliphatic rings. The van der Waals surface area contributed by atoms with Crippen LogP contribution in [0.1, 0.15) is 0 Å². The van der Waals surface area contributed by atoms with Gasteiger partial charge >= 0.3 is 0 Å². The maximum Gasteiger partial charge on any atom is 0.235 e. The molecule has 0 N–H and O–H groups in total. The van der Waals surface area contributed by atoms with Crippen LogP contribution in [-0.4, -0.2) is 14.5 Å². The first-order valence-corrected chi connectivity index (χ1v) is 14.2. The molecular weight excluding hydrogens is 506 g/mol. The minimum Gasteiger partial charge on any atom is -0.277 e. The highest BCUT2D eigenvalue weighted by molar-refractivity contribution is 7.26. The van der Waals surface area contributed by atoms with E-state index in [-0.39, 0.29) is 0 Å². The number of hydrogen-bond donors (Lipinski definition) is 0. The minimum atomic E-state index is 0.690. The van der Waals surface area contributed by atoms with Crippen LogP contribution in [0, 0.1) is 0 Å². The molecular formula is C36H21N3S. The second kappa shape index (κ2) is 8.22. The Labute approximate surface area is 233 Å². The van der Waals surface area contributed by atoms with E-state index in [1.807, 2.05) is 23.6 Å².